The lowest BCUT2D eigenvalue weighted by Crippen LogP contribution is -2.38. The fourth-order valence-corrected chi connectivity index (χ4v) is 2.56. The summed E-state index contributed by atoms with van der Waals surface area (Å²) < 4.78 is 0. The van der Waals surface area contributed by atoms with Crippen molar-refractivity contribution in [2.75, 3.05) is 25.5 Å². The number of hydrogen-bond donors (Lipinski definition) is 2. The molecule has 0 unspecified atom stereocenters. The number of anilines is 1. The number of hydrogen-bond acceptors (Lipinski definition) is 4. The van der Waals surface area contributed by atoms with Gasteiger partial charge in [0.1, 0.15) is 5.82 Å². The Balaban J connectivity index is 2.31. The minimum Gasteiger partial charge on any atom is -0.389 e. The summed E-state index contributed by atoms with van der Waals surface area (Å²) >= 11 is 0. The quantitative estimate of drug-likeness (QED) is 0.857. The predicted octanol–water partition coefficient (Wildman–Crippen LogP) is 2.87. The number of likely N-dealkylation sites (N-methyl/N-ethyl adjacent to an activating group) is 1. The first-order valence-electron chi connectivity index (χ1n) is 7.44. The lowest BCUT2D eigenvalue weighted by atomic mass is 10.1. The van der Waals surface area contributed by atoms with E-state index in [0.717, 1.165) is 35.4 Å². The van der Waals surface area contributed by atoms with Gasteiger partial charge in [-0.25, -0.2) is 4.98 Å². The average Bonchev–Trinajstić information content (AvgIpc) is 2.44. The van der Waals surface area contributed by atoms with Crippen LogP contribution in [0, 0.1) is 0 Å². The Hall–Kier alpha value is -1.65. The van der Waals surface area contributed by atoms with Crippen molar-refractivity contribution in [3.05, 3.63) is 35.9 Å². The van der Waals surface area contributed by atoms with Gasteiger partial charge in [-0.3, -0.25) is 4.90 Å². The van der Waals surface area contributed by atoms with Gasteiger partial charge in [0.15, 0.2) is 0 Å². The minimum atomic E-state index is -0.694. The number of nitrogens with one attached hydrogen (secondary N) is 1. The van der Waals surface area contributed by atoms with E-state index in [2.05, 4.69) is 34.3 Å². The molecule has 1 heterocycles. The van der Waals surface area contributed by atoms with Crippen molar-refractivity contribution in [3.8, 4) is 0 Å². The monoisotopic (exact) mass is 287 g/mol. The third-order valence-corrected chi connectivity index (χ3v) is 3.49. The third kappa shape index (κ3) is 4.16. The molecular weight excluding hydrogens is 262 g/mol. The Bertz CT molecular complexity index is 604. The number of pyridine rings is 1. The Morgan fingerprint density at radius 3 is 2.62 bits per heavy atom. The third-order valence-electron chi connectivity index (χ3n) is 3.49. The molecule has 4 heteroatoms. The highest BCUT2D eigenvalue weighted by Crippen LogP contribution is 2.22. The molecule has 0 atom stereocenters. The first-order chi connectivity index (χ1) is 9.93. The molecule has 0 bridgehead atoms. The summed E-state index contributed by atoms with van der Waals surface area (Å²) in [5, 5.41) is 14.3. The van der Waals surface area contributed by atoms with Crippen LogP contribution in [0.4, 0.5) is 5.82 Å². The van der Waals surface area contributed by atoms with Crippen LogP contribution in [0.2, 0.25) is 0 Å². The van der Waals surface area contributed by atoms with Gasteiger partial charge in [-0.05, 0) is 32.5 Å². The molecule has 21 heavy (non-hydrogen) atoms. The first kappa shape index (κ1) is 15.7. The van der Waals surface area contributed by atoms with E-state index < -0.39 is 5.60 Å². The number of benzene rings is 1. The molecule has 2 rings (SSSR count). The SMILES string of the molecule is CCN(Cc1cc2ccccc2nc1NC)CC(C)(C)O. The standard InChI is InChI=1S/C17H25N3O/c1-5-20(12-17(2,3)21)11-14-10-13-8-6-7-9-15(13)19-16(14)18-4/h6-10,21H,5,11-12H2,1-4H3,(H,18,19). The summed E-state index contributed by atoms with van der Waals surface area (Å²) in [6, 6.07) is 10.3. The fraction of sp³-hybridized carbons (Fsp3) is 0.471. The molecule has 0 aliphatic carbocycles. The normalized spacial score (nSPS) is 12.1. The second kappa shape index (κ2) is 6.41. The van der Waals surface area contributed by atoms with Crippen LogP contribution in [0.3, 0.4) is 0 Å². The van der Waals surface area contributed by atoms with Crippen molar-refractivity contribution in [1.82, 2.24) is 9.88 Å². The van der Waals surface area contributed by atoms with Crippen LogP contribution in [0.15, 0.2) is 30.3 Å². The fourth-order valence-electron chi connectivity index (χ4n) is 2.56. The van der Waals surface area contributed by atoms with Crippen molar-refractivity contribution in [1.29, 1.82) is 0 Å². The molecule has 1 aromatic heterocycles. The molecular formula is C17H25N3O. The maximum atomic E-state index is 10.0. The molecule has 0 saturated heterocycles. The molecule has 2 N–H and O–H groups in total. The zero-order valence-electron chi connectivity index (χ0n) is 13.3. The smallest absolute Gasteiger partial charge is 0.130 e. The molecule has 0 fully saturated rings. The van der Waals surface area contributed by atoms with Crippen LogP contribution in [0.1, 0.15) is 26.3 Å². The van der Waals surface area contributed by atoms with Gasteiger partial charge in [0.2, 0.25) is 0 Å². The summed E-state index contributed by atoms with van der Waals surface area (Å²) in [4.78, 5) is 6.91. The number of aliphatic hydroxyl groups is 1. The summed E-state index contributed by atoms with van der Waals surface area (Å²) in [6.07, 6.45) is 0. The van der Waals surface area contributed by atoms with Crippen LogP contribution in [-0.4, -0.2) is 40.7 Å². The largest absolute Gasteiger partial charge is 0.389 e. The van der Waals surface area contributed by atoms with Gasteiger partial charge in [0.05, 0.1) is 11.1 Å². The zero-order valence-corrected chi connectivity index (χ0v) is 13.3. The van der Waals surface area contributed by atoms with Gasteiger partial charge < -0.3 is 10.4 Å². The maximum Gasteiger partial charge on any atom is 0.130 e. The predicted molar refractivity (Wildman–Crippen MR) is 88.5 cm³/mol. The Labute approximate surface area is 126 Å². The molecule has 0 spiro atoms. The highest BCUT2D eigenvalue weighted by atomic mass is 16.3. The topological polar surface area (TPSA) is 48.4 Å². The van der Waals surface area contributed by atoms with Crippen LogP contribution in [0.25, 0.3) is 10.9 Å². The van der Waals surface area contributed by atoms with Crippen molar-refractivity contribution < 1.29 is 5.11 Å². The number of aromatic nitrogens is 1. The number of fused-ring (bicyclic) bond motifs is 1. The van der Waals surface area contributed by atoms with Crippen LogP contribution in [-0.2, 0) is 6.54 Å². The molecule has 0 amide bonds. The molecule has 0 radical (unpaired) electrons. The van der Waals surface area contributed by atoms with Gasteiger partial charge in [0.25, 0.3) is 0 Å². The first-order valence-corrected chi connectivity index (χ1v) is 7.44. The summed E-state index contributed by atoms with van der Waals surface area (Å²) in [7, 11) is 1.90. The van der Waals surface area contributed by atoms with Crippen LogP contribution < -0.4 is 5.32 Å². The van der Waals surface area contributed by atoms with E-state index in [1.807, 2.05) is 39.1 Å². The Morgan fingerprint density at radius 1 is 1.29 bits per heavy atom. The molecule has 0 aliphatic rings. The van der Waals surface area contributed by atoms with Gasteiger partial charge in [0, 0.05) is 31.1 Å². The van der Waals surface area contributed by atoms with E-state index in [1.165, 1.54) is 0 Å². The molecule has 4 nitrogen and oxygen atoms in total. The van der Waals surface area contributed by atoms with Gasteiger partial charge in [-0.2, -0.15) is 0 Å². The maximum absolute atomic E-state index is 10.0. The van der Waals surface area contributed by atoms with E-state index in [4.69, 9.17) is 0 Å². The van der Waals surface area contributed by atoms with Gasteiger partial charge in [-0.1, -0.05) is 25.1 Å². The highest BCUT2D eigenvalue weighted by molar-refractivity contribution is 5.81. The van der Waals surface area contributed by atoms with E-state index >= 15 is 0 Å². The van der Waals surface area contributed by atoms with Gasteiger partial charge in [-0.15, -0.1) is 0 Å². The second-order valence-electron chi connectivity index (χ2n) is 6.05. The van der Waals surface area contributed by atoms with E-state index in [1.54, 1.807) is 0 Å². The van der Waals surface area contributed by atoms with E-state index in [0.29, 0.717) is 6.54 Å². The number of rotatable bonds is 6. The number of nitrogens with zero attached hydrogens (tertiary/aromatic N) is 2. The van der Waals surface area contributed by atoms with Crippen molar-refractivity contribution >= 4 is 16.7 Å². The molecule has 0 aliphatic heterocycles. The lowest BCUT2D eigenvalue weighted by molar-refractivity contribution is 0.0354. The van der Waals surface area contributed by atoms with E-state index in [9.17, 15) is 5.11 Å². The number of para-hydroxylation sites is 1. The average molecular weight is 287 g/mol. The zero-order chi connectivity index (χ0) is 15.5. The highest BCUT2D eigenvalue weighted by Gasteiger charge is 2.18. The van der Waals surface area contributed by atoms with Gasteiger partial charge >= 0.3 is 0 Å². The Morgan fingerprint density at radius 2 is 2.00 bits per heavy atom. The lowest BCUT2D eigenvalue weighted by Gasteiger charge is -2.28. The van der Waals surface area contributed by atoms with Crippen molar-refractivity contribution in [2.24, 2.45) is 0 Å². The second-order valence-corrected chi connectivity index (χ2v) is 6.05. The summed E-state index contributed by atoms with van der Waals surface area (Å²) in [5.41, 5.74) is 1.46. The van der Waals surface area contributed by atoms with E-state index in [-0.39, 0.29) is 0 Å². The molecule has 114 valence electrons. The van der Waals surface area contributed by atoms with Crippen molar-refractivity contribution in [2.45, 2.75) is 32.9 Å². The van der Waals surface area contributed by atoms with Crippen molar-refractivity contribution in [3.63, 3.8) is 0 Å². The Kier molecular flexibility index (Phi) is 4.80. The minimum absolute atomic E-state index is 0.638. The molecule has 2 aromatic rings. The van der Waals surface area contributed by atoms with Crippen LogP contribution >= 0.6 is 0 Å². The molecule has 0 saturated carbocycles. The molecule has 1 aromatic carbocycles. The summed E-state index contributed by atoms with van der Waals surface area (Å²) in [5.74, 6) is 0.905. The summed E-state index contributed by atoms with van der Waals surface area (Å²) in [6.45, 7) is 8.09. The van der Waals surface area contributed by atoms with Crippen LogP contribution in [0.5, 0.6) is 0 Å².